The summed E-state index contributed by atoms with van der Waals surface area (Å²) < 4.78 is 29.0. The number of ketones is 1. The molecule has 5 aliphatic heterocycles. The Morgan fingerprint density at radius 3 is 2.41 bits per heavy atom. The fraction of sp³-hybridized carbons (Fsp3) is 0.492. The Morgan fingerprint density at radius 1 is 0.887 bits per heavy atom. The number of thiophene rings is 1. The summed E-state index contributed by atoms with van der Waals surface area (Å²) in [5.41, 5.74) is 9.11. The third-order valence-electron chi connectivity index (χ3n) is 17.4. The van der Waals surface area contributed by atoms with E-state index in [1.807, 2.05) is 35.2 Å². The Hall–Kier alpha value is -7.33. The van der Waals surface area contributed by atoms with E-state index in [1.54, 1.807) is 18.2 Å². The number of rotatable bonds is 16. The number of primary amides is 1. The second-order valence-electron chi connectivity index (χ2n) is 22.6. The SMILES string of the molecule is CC(F)(F)c1ccc2sc(C(=O)N[C@H]3Cc4ccccc4[C@H]4CC[C@@H](C(=O)N[C@@H](CCC(N)=O)C(=O)C[C@H](C(=O)N5CCC(CCC#Cc6cccc7c6CN(C6CCC(=O)NC6=O)C7=O)CC5)C5CCCCC5)N4C3=O)cc2c1. The molecule has 16 nitrogen and oxygen atoms in total. The van der Waals surface area contributed by atoms with Gasteiger partial charge in [-0.3, -0.25) is 48.5 Å². The number of alkyl halides is 2. The molecule has 4 aromatic rings. The summed E-state index contributed by atoms with van der Waals surface area (Å²) >= 11 is 1.12. The van der Waals surface area contributed by atoms with Crippen molar-refractivity contribution in [1.29, 1.82) is 0 Å². The lowest BCUT2D eigenvalue weighted by atomic mass is 9.76. The lowest BCUT2D eigenvalue weighted by Gasteiger charge is -2.37. The minimum absolute atomic E-state index is 0.0461. The summed E-state index contributed by atoms with van der Waals surface area (Å²) in [5, 5.41) is 8.62. The number of piperidine rings is 2. The van der Waals surface area contributed by atoms with E-state index in [2.05, 4.69) is 27.8 Å². The summed E-state index contributed by atoms with van der Waals surface area (Å²) in [5.74, 6) is -0.736. The van der Waals surface area contributed by atoms with Gasteiger partial charge in [-0.25, -0.2) is 8.78 Å². The largest absolute Gasteiger partial charge is 0.370 e. The molecule has 6 atom stereocenters. The van der Waals surface area contributed by atoms with Gasteiger partial charge in [0.2, 0.25) is 35.4 Å². The van der Waals surface area contributed by atoms with Crippen LogP contribution in [0.1, 0.15) is 164 Å². The van der Waals surface area contributed by atoms with Crippen LogP contribution in [0.25, 0.3) is 10.1 Å². The standard InChI is InChI=1S/C61H67F2N7O9S/c1-61(62,63)40-18-23-51-39(30-40)32-52(80-51)57(76)66-46-31-38-14-7-8-16-41(38)47-20-21-49(70(47)60(46)79)56(75)65-45(19-24-53(64)72)50(71)33-43(36-11-3-2-4-12-36)58(77)68-28-26-35(27-29-68)10-5-6-13-37-15-9-17-42-44(37)34-69(59(42)78)48-22-25-54(73)67-55(48)74/h7-9,14-18,23,30,32,35-36,43,45-49H,2-5,10-12,19-22,24-29,31,33-34H2,1H3,(H2,64,72)(H,65,75)(H,66,76)(H,67,73,74)/t43-,45-,46-,47+,48?,49-/m0/s1. The predicted octanol–water partition coefficient (Wildman–Crippen LogP) is 7.14. The van der Waals surface area contributed by atoms with Crippen LogP contribution in [0.2, 0.25) is 0 Å². The average molecular weight is 1110 g/mol. The van der Waals surface area contributed by atoms with E-state index in [-0.39, 0.29) is 91.4 Å². The highest BCUT2D eigenvalue weighted by Gasteiger charge is 2.48. The average Bonchev–Trinajstić information content (AvgIpc) is 4.18. The molecule has 0 radical (unpaired) electrons. The summed E-state index contributed by atoms with van der Waals surface area (Å²) in [7, 11) is 0. The Balaban J connectivity index is 0.784. The second-order valence-corrected chi connectivity index (χ2v) is 23.7. The number of hydrogen-bond acceptors (Lipinski definition) is 10. The van der Waals surface area contributed by atoms with Crippen LogP contribution in [-0.2, 0) is 52.4 Å². The van der Waals surface area contributed by atoms with Crippen LogP contribution >= 0.6 is 11.3 Å². The summed E-state index contributed by atoms with van der Waals surface area (Å²) in [4.78, 5) is 128. The number of nitrogens with two attached hydrogens (primary N) is 1. The van der Waals surface area contributed by atoms with Gasteiger partial charge in [-0.15, -0.1) is 11.3 Å². The van der Waals surface area contributed by atoms with Gasteiger partial charge in [0.25, 0.3) is 17.7 Å². The van der Waals surface area contributed by atoms with Crippen molar-refractivity contribution in [2.24, 2.45) is 23.5 Å². The molecule has 0 bridgehead atoms. The molecule has 80 heavy (non-hydrogen) atoms. The van der Waals surface area contributed by atoms with Gasteiger partial charge in [-0.05, 0) is 122 Å². The van der Waals surface area contributed by atoms with Crippen molar-refractivity contribution in [1.82, 2.24) is 30.7 Å². The van der Waals surface area contributed by atoms with Gasteiger partial charge in [0.15, 0.2) is 5.78 Å². The third-order valence-corrected chi connectivity index (χ3v) is 18.5. The van der Waals surface area contributed by atoms with Gasteiger partial charge in [0.1, 0.15) is 18.1 Å². The maximum Gasteiger partial charge on any atom is 0.270 e. The number of hydrogen-bond donors (Lipinski definition) is 4. The zero-order valence-electron chi connectivity index (χ0n) is 44.9. The molecular formula is C61H67F2N7O9S. The molecule has 1 aromatic heterocycles. The van der Waals surface area contributed by atoms with E-state index < -0.39 is 71.6 Å². The van der Waals surface area contributed by atoms with Crippen molar-refractivity contribution in [3.8, 4) is 11.8 Å². The normalized spacial score (nSPS) is 22.3. The molecule has 8 amide bonds. The van der Waals surface area contributed by atoms with Gasteiger partial charge >= 0.3 is 0 Å². The fourth-order valence-corrected chi connectivity index (χ4v) is 14.0. The van der Waals surface area contributed by atoms with Crippen LogP contribution in [0.4, 0.5) is 8.78 Å². The number of carbonyl (C=O) groups is 9. The molecule has 1 aliphatic carbocycles. The van der Waals surface area contributed by atoms with Crippen LogP contribution in [0.15, 0.2) is 66.7 Å². The first-order valence-corrected chi connectivity index (χ1v) is 29.0. The number of fused-ring (bicyclic) bond motifs is 5. The van der Waals surface area contributed by atoms with Crippen molar-refractivity contribution in [2.45, 2.75) is 159 Å². The Kier molecular flexibility index (Phi) is 16.6. The number of nitrogens with one attached hydrogen (secondary N) is 3. The Morgan fingerprint density at radius 2 is 1.66 bits per heavy atom. The summed E-state index contributed by atoms with van der Waals surface area (Å²) in [6, 6.07) is 14.1. The van der Waals surface area contributed by atoms with Crippen LogP contribution in [-0.4, -0.2) is 105 Å². The lowest BCUT2D eigenvalue weighted by molar-refractivity contribution is -0.144. The van der Waals surface area contributed by atoms with E-state index in [1.165, 1.54) is 28.0 Å². The van der Waals surface area contributed by atoms with Gasteiger partial charge in [0.05, 0.1) is 17.0 Å². The molecule has 4 fully saturated rings. The monoisotopic (exact) mass is 1110 g/mol. The molecule has 19 heteroatoms. The van der Waals surface area contributed by atoms with Crippen molar-refractivity contribution >= 4 is 74.5 Å². The van der Waals surface area contributed by atoms with Crippen molar-refractivity contribution in [3.05, 3.63) is 105 Å². The van der Waals surface area contributed by atoms with Gasteiger partial charge in [-0.2, -0.15) is 0 Å². The fourth-order valence-electron chi connectivity index (χ4n) is 13.0. The zero-order valence-corrected chi connectivity index (χ0v) is 45.7. The molecule has 1 unspecified atom stereocenters. The summed E-state index contributed by atoms with van der Waals surface area (Å²) in [6.07, 6.45) is 8.21. The first-order chi connectivity index (χ1) is 38.4. The molecule has 5 N–H and O–H groups in total. The number of halogens is 2. The molecule has 0 spiro atoms. The highest BCUT2D eigenvalue weighted by atomic mass is 32.1. The van der Waals surface area contributed by atoms with E-state index in [0.29, 0.717) is 47.5 Å². The topological polar surface area (TPSA) is 225 Å². The highest BCUT2D eigenvalue weighted by Crippen LogP contribution is 2.42. The van der Waals surface area contributed by atoms with Crippen LogP contribution in [0.3, 0.4) is 0 Å². The number of likely N-dealkylation sites (tertiary alicyclic amines) is 1. The number of imide groups is 1. The summed E-state index contributed by atoms with van der Waals surface area (Å²) in [6.45, 7) is 2.08. The van der Waals surface area contributed by atoms with Crippen molar-refractivity contribution in [2.75, 3.05) is 13.1 Å². The second kappa shape index (κ2) is 23.8. The Bertz CT molecular complexity index is 3200. The van der Waals surface area contributed by atoms with Crippen LogP contribution in [0, 0.1) is 29.6 Å². The molecular weight excluding hydrogens is 1040 g/mol. The van der Waals surface area contributed by atoms with Gasteiger partial charge in [-0.1, -0.05) is 67.5 Å². The Labute approximate surface area is 467 Å². The molecule has 3 saturated heterocycles. The van der Waals surface area contributed by atoms with Gasteiger partial charge in [0, 0.05) is 86.0 Å². The van der Waals surface area contributed by atoms with E-state index in [4.69, 9.17) is 5.73 Å². The molecule has 6 aliphatic rings. The van der Waals surface area contributed by atoms with Gasteiger partial charge < -0.3 is 31.1 Å². The zero-order chi connectivity index (χ0) is 56.4. The maximum absolute atomic E-state index is 14.8. The quantitative estimate of drug-likeness (QED) is 0.0660. The third kappa shape index (κ3) is 12.1. The maximum atomic E-state index is 14.8. The smallest absolute Gasteiger partial charge is 0.270 e. The van der Waals surface area contributed by atoms with Crippen LogP contribution in [0.5, 0.6) is 0 Å². The van der Waals surface area contributed by atoms with Crippen LogP contribution < -0.4 is 21.7 Å². The molecule has 6 heterocycles. The molecule has 3 aromatic carbocycles. The minimum Gasteiger partial charge on any atom is -0.370 e. The minimum atomic E-state index is -3.08. The number of carbonyl (C=O) groups excluding carboxylic acids is 9. The highest BCUT2D eigenvalue weighted by molar-refractivity contribution is 7.20. The predicted molar refractivity (Wildman–Crippen MR) is 293 cm³/mol. The first kappa shape index (κ1) is 56.0. The van der Waals surface area contributed by atoms with E-state index in [0.717, 1.165) is 91.9 Å². The van der Waals surface area contributed by atoms with E-state index in [9.17, 15) is 51.9 Å². The first-order valence-electron chi connectivity index (χ1n) is 28.2. The number of nitrogens with zero attached hydrogens (tertiary/aromatic N) is 3. The van der Waals surface area contributed by atoms with Crippen molar-refractivity contribution < 1.29 is 51.9 Å². The van der Waals surface area contributed by atoms with E-state index >= 15 is 0 Å². The molecule has 420 valence electrons. The number of Topliss-reactive ketones (excluding diaryl/α,β-unsaturated/α-hetero) is 1. The number of amides is 8. The molecule has 1 saturated carbocycles. The van der Waals surface area contributed by atoms with Crippen molar-refractivity contribution in [3.63, 3.8) is 0 Å². The molecule has 10 rings (SSSR count). The lowest BCUT2D eigenvalue weighted by Crippen LogP contribution is -2.55. The number of benzene rings is 3.